The Balaban J connectivity index is 2.22. The molecule has 2 rings (SSSR count). The van der Waals surface area contributed by atoms with E-state index in [1.165, 1.54) is 6.92 Å². The molecular weight excluding hydrogens is 480 g/mol. The average molecular weight is 507 g/mol. The van der Waals surface area contributed by atoms with Crippen LogP contribution in [0, 0.1) is 5.41 Å². The Morgan fingerprint density at radius 1 is 1.19 bits per heavy atom. The van der Waals surface area contributed by atoms with Gasteiger partial charge in [0.1, 0.15) is 12.1 Å². The average Bonchev–Trinajstić information content (AvgIpc) is 3.10. The van der Waals surface area contributed by atoms with Crippen molar-refractivity contribution in [3.63, 3.8) is 0 Å². The molecular formula is C22H27BrN4O5. The maximum atomic E-state index is 13.0. The SMILES string of the molecule is CC(=O)N[C@@H](Cc1c[nH]c2cc(Br)ccc12)C(=O)N[C@@H](CCC(=O)C=N)C(=O)OC(C)C. The number of Topliss-reactive ketones (excluding diaryl/α,β-unsaturated/α-hetero) is 1. The van der Waals surface area contributed by atoms with Crippen LogP contribution in [0.25, 0.3) is 10.9 Å². The molecule has 0 radical (unpaired) electrons. The fourth-order valence-electron chi connectivity index (χ4n) is 3.20. The number of aromatic nitrogens is 1. The molecule has 1 heterocycles. The van der Waals surface area contributed by atoms with Gasteiger partial charge in [0, 0.05) is 41.3 Å². The van der Waals surface area contributed by atoms with Crippen LogP contribution in [0.15, 0.2) is 28.9 Å². The maximum Gasteiger partial charge on any atom is 0.328 e. The lowest BCUT2D eigenvalue weighted by molar-refractivity contribution is -0.151. The summed E-state index contributed by atoms with van der Waals surface area (Å²) in [6, 6.07) is 3.67. The first-order valence-electron chi connectivity index (χ1n) is 10.2. The number of amides is 2. The number of rotatable bonds is 11. The van der Waals surface area contributed by atoms with Gasteiger partial charge in [-0.2, -0.15) is 0 Å². The molecule has 2 atom stereocenters. The zero-order chi connectivity index (χ0) is 23.8. The molecule has 0 bridgehead atoms. The smallest absolute Gasteiger partial charge is 0.328 e. The van der Waals surface area contributed by atoms with Gasteiger partial charge < -0.3 is 25.8 Å². The molecule has 0 aliphatic rings. The van der Waals surface area contributed by atoms with Crippen molar-refractivity contribution in [3.8, 4) is 0 Å². The van der Waals surface area contributed by atoms with Gasteiger partial charge in [0.15, 0.2) is 5.78 Å². The third-order valence-electron chi connectivity index (χ3n) is 4.64. The van der Waals surface area contributed by atoms with Gasteiger partial charge in [-0.15, -0.1) is 0 Å². The number of ketones is 1. The van der Waals surface area contributed by atoms with E-state index in [0.29, 0.717) is 6.21 Å². The second kappa shape index (κ2) is 11.6. The predicted molar refractivity (Wildman–Crippen MR) is 123 cm³/mol. The minimum atomic E-state index is -1.08. The third kappa shape index (κ3) is 7.30. The van der Waals surface area contributed by atoms with Gasteiger partial charge in [-0.3, -0.25) is 14.4 Å². The number of carbonyl (C=O) groups is 4. The van der Waals surface area contributed by atoms with Crippen LogP contribution in [0.3, 0.4) is 0 Å². The summed E-state index contributed by atoms with van der Waals surface area (Å²) >= 11 is 3.41. The fourth-order valence-corrected chi connectivity index (χ4v) is 3.56. The van der Waals surface area contributed by atoms with Crippen LogP contribution >= 0.6 is 15.9 Å². The number of nitrogens with one attached hydrogen (secondary N) is 4. The molecule has 4 N–H and O–H groups in total. The van der Waals surface area contributed by atoms with Crippen LogP contribution in [-0.2, 0) is 30.3 Å². The Morgan fingerprint density at radius 2 is 1.91 bits per heavy atom. The summed E-state index contributed by atoms with van der Waals surface area (Å²) in [6.45, 7) is 4.66. The number of carbonyl (C=O) groups excluding carboxylic acids is 4. The summed E-state index contributed by atoms with van der Waals surface area (Å²) in [5.74, 6) is -2.11. The first-order valence-corrected chi connectivity index (χ1v) is 11.0. The number of aromatic amines is 1. The largest absolute Gasteiger partial charge is 0.461 e. The molecule has 0 aliphatic carbocycles. The van der Waals surface area contributed by atoms with Crippen molar-refractivity contribution in [2.24, 2.45) is 0 Å². The Kier molecular flexibility index (Phi) is 9.13. The van der Waals surface area contributed by atoms with Gasteiger partial charge in [0.25, 0.3) is 0 Å². The molecule has 0 saturated carbocycles. The Labute approximate surface area is 194 Å². The van der Waals surface area contributed by atoms with Crippen LogP contribution in [0.5, 0.6) is 0 Å². The molecule has 2 aromatic rings. The summed E-state index contributed by atoms with van der Waals surface area (Å²) in [7, 11) is 0. The molecule has 0 saturated heterocycles. The van der Waals surface area contributed by atoms with Crippen molar-refractivity contribution in [1.82, 2.24) is 15.6 Å². The standard InChI is InChI=1S/C22H27BrN4O5/c1-12(2)32-22(31)18(7-5-16(29)10-24)27-21(30)20(26-13(3)28)8-14-11-25-19-9-15(23)4-6-17(14)19/h4,6,9-12,18,20,24-25H,5,7-8H2,1-3H3,(H,26,28)(H,27,30)/t18-,20-/m0/s1. The normalized spacial score (nSPS) is 12.8. The number of esters is 1. The van der Waals surface area contributed by atoms with Crippen molar-refractivity contribution in [2.75, 3.05) is 0 Å². The van der Waals surface area contributed by atoms with E-state index in [9.17, 15) is 19.2 Å². The number of hydrogen-bond donors (Lipinski definition) is 4. The van der Waals surface area contributed by atoms with Crippen LogP contribution < -0.4 is 10.6 Å². The minimum Gasteiger partial charge on any atom is -0.461 e. The topological polar surface area (TPSA) is 141 Å². The minimum absolute atomic E-state index is 0.0145. The van der Waals surface area contributed by atoms with E-state index in [2.05, 4.69) is 31.5 Å². The second-order valence-corrected chi connectivity index (χ2v) is 8.57. The summed E-state index contributed by atoms with van der Waals surface area (Å²) in [4.78, 5) is 51.9. The van der Waals surface area contributed by atoms with Gasteiger partial charge in [-0.25, -0.2) is 4.79 Å². The van der Waals surface area contributed by atoms with Crippen molar-refractivity contribution in [1.29, 1.82) is 5.41 Å². The van der Waals surface area contributed by atoms with E-state index in [1.807, 2.05) is 18.2 Å². The zero-order valence-electron chi connectivity index (χ0n) is 18.2. The number of fused-ring (bicyclic) bond motifs is 1. The van der Waals surface area contributed by atoms with Crippen LogP contribution in [0.2, 0.25) is 0 Å². The molecule has 172 valence electrons. The van der Waals surface area contributed by atoms with Crippen LogP contribution in [0.1, 0.15) is 39.2 Å². The first kappa shape index (κ1) is 25.3. The van der Waals surface area contributed by atoms with E-state index in [-0.39, 0.29) is 19.3 Å². The number of H-pyrrole nitrogens is 1. The van der Waals surface area contributed by atoms with Crippen molar-refractivity contribution in [3.05, 3.63) is 34.4 Å². The summed E-state index contributed by atoms with van der Waals surface area (Å²) in [5, 5.41) is 13.2. The highest BCUT2D eigenvalue weighted by atomic mass is 79.9. The highest BCUT2D eigenvalue weighted by Gasteiger charge is 2.28. The molecule has 2 amide bonds. The number of ether oxygens (including phenoxy) is 1. The van der Waals surface area contributed by atoms with E-state index < -0.39 is 41.8 Å². The van der Waals surface area contributed by atoms with Gasteiger partial charge in [-0.1, -0.05) is 22.0 Å². The Hall–Kier alpha value is -3.01. The molecule has 10 heteroatoms. The Morgan fingerprint density at radius 3 is 2.53 bits per heavy atom. The van der Waals surface area contributed by atoms with Gasteiger partial charge >= 0.3 is 5.97 Å². The zero-order valence-corrected chi connectivity index (χ0v) is 19.7. The van der Waals surface area contributed by atoms with Crippen LogP contribution in [-0.4, -0.2) is 53.0 Å². The van der Waals surface area contributed by atoms with E-state index in [4.69, 9.17) is 10.1 Å². The van der Waals surface area contributed by atoms with Crippen molar-refractivity contribution in [2.45, 2.75) is 58.2 Å². The fraction of sp³-hybridized carbons (Fsp3) is 0.409. The van der Waals surface area contributed by atoms with Gasteiger partial charge in [0.05, 0.1) is 12.3 Å². The quantitative estimate of drug-likeness (QED) is 0.273. The monoisotopic (exact) mass is 506 g/mol. The summed E-state index contributed by atoms with van der Waals surface area (Å²) in [6.07, 6.45) is 2.12. The highest BCUT2D eigenvalue weighted by Crippen LogP contribution is 2.23. The lowest BCUT2D eigenvalue weighted by Gasteiger charge is -2.23. The van der Waals surface area contributed by atoms with E-state index in [1.54, 1.807) is 20.0 Å². The molecule has 9 nitrogen and oxygen atoms in total. The maximum absolute atomic E-state index is 13.0. The second-order valence-electron chi connectivity index (χ2n) is 7.66. The van der Waals surface area contributed by atoms with E-state index in [0.717, 1.165) is 20.9 Å². The Bertz CT molecular complexity index is 1020. The lowest BCUT2D eigenvalue weighted by atomic mass is 10.0. The van der Waals surface area contributed by atoms with Gasteiger partial charge in [0.2, 0.25) is 11.8 Å². The molecule has 1 aromatic heterocycles. The molecule has 0 aliphatic heterocycles. The first-order chi connectivity index (χ1) is 15.1. The molecule has 0 spiro atoms. The highest BCUT2D eigenvalue weighted by molar-refractivity contribution is 9.10. The number of halogens is 1. The summed E-state index contributed by atoms with van der Waals surface area (Å²) < 4.78 is 6.10. The van der Waals surface area contributed by atoms with E-state index >= 15 is 0 Å². The van der Waals surface area contributed by atoms with Gasteiger partial charge in [-0.05, 0) is 38.0 Å². The lowest BCUT2D eigenvalue weighted by Crippen LogP contribution is -2.52. The van der Waals surface area contributed by atoms with Crippen molar-refractivity contribution < 1.29 is 23.9 Å². The van der Waals surface area contributed by atoms with Crippen molar-refractivity contribution >= 4 is 56.6 Å². The predicted octanol–water partition coefficient (Wildman–Crippen LogP) is 2.41. The third-order valence-corrected chi connectivity index (χ3v) is 5.13. The molecule has 0 unspecified atom stereocenters. The number of benzene rings is 1. The molecule has 0 fully saturated rings. The number of hydrogen-bond acceptors (Lipinski definition) is 6. The summed E-state index contributed by atoms with van der Waals surface area (Å²) in [5.41, 5.74) is 1.70. The van der Waals surface area contributed by atoms with Crippen LogP contribution in [0.4, 0.5) is 0 Å². The molecule has 1 aromatic carbocycles. The molecule has 32 heavy (non-hydrogen) atoms.